The Balaban J connectivity index is 1.72. The molecule has 0 unspecified atom stereocenters. The largest absolute Gasteiger partial charge is 0.489 e. The predicted octanol–water partition coefficient (Wildman–Crippen LogP) is 7.22. The molecule has 0 amide bonds. The van der Waals surface area contributed by atoms with Gasteiger partial charge in [-0.2, -0.15) is 0 Å². The average Bonchev–Trinajstić information content (AvgIpc) is 2.82. The van der Waals surface area contributed by atoms with Crippen molar-refractivity contribution in [1.82, 2.24) is 4.98 Å². The first-order valence-corrected chi connectivity index (χ1v) is 11.7. The Morgan fingerprint density at radius 3 is 2.32 bits per heavy atom. The number of aromatic nitrogens is 1. The third kappa shape index (κ3) is 5.12. The molecular formula is C30H31NO3. The maximum absolute atomic E-state index is 13.2. The number of hydrogen-bond donors (Lipinski definition) is 0. The van der Waals surface area contributed by atoms with E-state index in [9.17, 15) is 4.79 Å². The zero-order valence-corrected chi connectivity index (χ0v) is 20.5. The number of fused-ring (bicyclic) bond motifs is 1. The second kappa shape index (κ2) is 10.1. The van der Waals surface area contributed by atoms with E-state index in [1.165, 1.54) is 0 Å². The van der Waals surface area contributed by atoms with Crippen LogP contribution in [0.25, 0.3) is 22.2 Å². The fourth-order valence-corrected chi connectivity index (χ4v) is 4.12. The fraction of sp³-hybridized carbons (Fsp3) is 0.267. The van der Waals surface area contributed by atoms with Crippen molar-refractivity contribution in [3.63, 3.8) is 0 Å². The topological polar surface area (TPSA) is 48.4 Å². The van der Waals surface area contributed by atoms with Crippen LogP contribution in [0.2, 0.25) is 0 Å². The van der Waals surface area contributed by atoms with Crippen molar-refractivity contribution >= 4 is 16.9 Å². The van der Waals surface area contributed by atoms with Gasteiger partial charge in [0.2, 0.25) is 0 Å². The van der Waals surface area contributed by atoms with Gasteiger partial charge in [-0.15, -0.1) is 0 Å². The monoisotopic (exact) mass is 453 g/mol. The van der Waals surface area contributed by atoms with Gasteiger partial charge in [-0.3, -0.25) is 0 Å². The van der Waals surface area contributed by atoms with Crippen molar-refractivity contribution in [3.8, 4) is 17.0 Å². The molecule has 0 aliphatic heterocycles. The van der Waals surface area contributed by atoms with Crippen LogP contribution in [0.5, 0.6) is 5.75 Å². The van der Waals surface area contributed by atoms with Gasteiger partial charge in [0.25, 0.3) is 0 Å². The van der Waals surface area contributed by atoms with E-state index in [1.54, 1.807) is 0 Å². The molecular weight excluding hydrogens is 422 g/mol. The van der Waals surface area contributed by atoms with Gasteiger partial charge in [-0.25, -0.2) is 9.78 Å². The number of ether oxygens (including phenoxy) is 2. The molecule has 0 atom stereocenters. The van der Waals surface area contributed by atoms with Crippen LogP contribution in [-0.4, -0.2) is 17.6 Å². The first-order valence-electron chi connectivity index (χ1n) is 11.7. The van der Waals surface area contributed by atoms with Gasteiger partial charge in [0.15, 0.2) is 0 Å². The normalized spacial score (nSPS) is 11.1. The summed E-state index contributed by atoms with van der Waals surface area (Å²) in [4.78, 5) is 18.2. The van der Waals surface area contributed by atoms with Crippen molar-refractivity contribution in [2.45, 2.75) is 41.2 Å². The number of carbonyl (C=O) groups is 1. The van der Waals surface area contributed by atoms with Gasteiger partial charge >= 0.3 is 5.97 Å². The maximum Gasteiger partial charge on any atom is 0.339 e. The summed E-state index contributed by atoms with van der Waals surface area (Å²) >= 11 is 0. The molecule has 0 radical (unpaired) electrons. The molecule has 0 N–H and O–H groups in total. The lowest BCUT2D eigenvalue weighted by Gasteiger charge is -2.17. The minimum absolute atomic E-state index is 0.267. The summed E-state index contributed by atoms with van der Waals surface area (Å²) < 4.78 is 11.6. The van der Waals surface area contributed by atoms with Crippen molar-refractivity contribution < 1.29 is 14.3 Å². The molecule has 4 aromatic rings. The van der Waals surface area contributed by atoms with Crippen LogP contribution in [-0.2, 0) is 11.3 Å². The molecule has 4 heteroatoms. The van der Waals surface area contributed by atoms with Gasteiger partial charge < -0.3 is 9.47 Å². The highest BCUT2D eigenvalue weighted by molar-refractivity contribution is 6.07. The SMILES string of the molecule is Cc1cc(C)c2nc(-c3ccc(OCc4ccccc4)cc3)c(C)c(C(=O)OCC(C)C)c2c1. The van der Waals surface area contributed by atoms with Crippen molar-refractivity contribution in [2.75, 3.05) is 6.61 Å². The molecule has 0 aliphatic carbocycles. The fourth-order valence-electron chi connectivity index (χ4n) is 4.12. The molecule has 0 fully saturated rings. The molecule has 0 saturated heterocycles. The quantitative estimate of drug-likeness (QED) is 0.277. The first kappa shape index (κ1) is 23.5. The Morgan fingerprint density at radius 2 is 1.65 bits per heavy atom. The van der Waals surface area contributed by atoms with Crippen LogP contribution in [0.4, 0.5) is 0 Å². The van der Waals surface area contributed by atoms with Crippen LogP contribution in [0, 0.1) is 26.7 Å². The molecule has 4 nitrogen and oxygen atoms in total. The molecule has 1 heterocycles. The second-order valence-electron chi connectivity index (χ2n) is 9.23. The third-order valence-electron chi connectivity index (χ3n) is 5.80. The van der Waals surface area contributed by atoms with Crippen molar-refractivity contribution in [2.24, 2.45) is 5.92 Å². The van der Waals surface area contributed by atoms with E-state index in [1.807, 2.05) is 95.3 Å². The van der Waals surface area contributed by atoms with Gasteiger partial charge in [-0.1, -0.05) is 55.8 Å². The zero-order chi connectivity index (χ0) is 24.2. The number of aryl methyl sites for hydroxylation is 2. The number of rotatable bonds is 7. The number of nitrogens with zero attached hydrogens (tertiary/aromatic N) is 1. The minimum atomic E-state index is -0.298. The Bertz CT molecular complexity index is 1310. The number of pyridine rings is 1. The molecule has 174 valence electrons. The van der Waals surface area contributed by atoms with Crippen LogP contribution in [0.3, 0.4) is 0 Å². The van der Waals surface area contributed by atoms with E-state index in [0.29, 0.717) is 18.8 Å². The van der Waals surface area contributed by atoms with E-state index in [2.05, 4.69) is 6.07 Å². The highest BCUT2D eigenvalue weighted by Gasteiger charge is 2.21. The summed E-state index contributed by atoms with van der Waals surface area (Å²) in [6.45, 7) is 11.0. The highest BCUT2D eigenvalue weighted by Crippen LogP contribution is 2.33. The number of esters is 1. The summed E-state index contributed by atoms with van der Waals surface area (Å²) in [5.74, 6) is 0.755. The first-order chi connectivity index (χ1) is 16.3. The smallest absolute Gasteiger partial charge is 0.339 e. The number of hydrogen-bond acceptors (Lipinski definition) is 4. The molecule has 1 aromatic heterocycles. The second-order valence-corrected chi connectivity index (χ2v) is 9.23. The van der Waals surface area contributed by atoms with E-state index in [4.69, 9.17) is 14.5 Å². The Hall–Kier alpha value is -3.66. The van der Waals surface area contributed by atoms with E-state index >= 15 is 0 Å². The van der Waals surface area contributed by atoms with Crippen LogP contribution in [0.1, 0.15) is 46.5 Å². The number of carbonyl (C=O) groups excluding carboxylic acids is 1. The Morgan fingerprint density at radius 1 is 0.941 bits per heavy atom. The highest BCUT2D eigenvalue weighted by atomic mass is 16.5. The third-order valence-corrected chi connectivity index (χ3v) is 5.80. The minimum Gasteiger partial charge on any atom is -0.489 e. The molecule has 0 spiro atoms. The molecule has 3 aromatic carbocycles. The summed E-state index contributed by atoms with van der Waals surface area (Å²) in [7, 11) is 0. The van der Waals surface area contributed by atoms with Crippen molar-refractivity contribution in [3.05, 3.63) is 94.5 Å². The Kier molecular flexibility index (Phi) is 6.97. The lowest BCUT2D eigenvalue weighted by molar-refractivity contribution is 0.0460. The Labute approximate surface area is 201 Å². The van der Waals surface area contributed by atoms with Crippen LogP contribution >= 0.6 is 0 Å². The van der Waals surface area contributed by atoms with Gasteiger partial charge in [0.05, 0.1) is 23.4 Å². The summed E-state index contributed by atoms with van der Waals surface area (Å²) in [5, 5.41) is 0.843. The zero-order valence-electron chi connectivity index (χ0n) is 20.5. The summed E-state index contributed by atoms with van der Waals surface area (Å²) in [5.41, 5.74) is 7.21. The van der Waals surface area contributed by atoms with E-state index < -0.39 is 0 Å². The lowest BCUT2D eigenvalue weighted by Crippen LogP contribution is -2.13. The number of benzene rings is 3. The molecule has 0 saturated carbocycles. The maximum atomic E-state index is 13.2. The van der Waals surface area contributed by atoms with Gasteiger partial charge in [0, 0.05) is 10.9 Å². The molecule has 0 bridgehead atoms. The molecule has 34 heavy (non-hydrogen) atoms. The lowest BCUT2D eigenvalue weighted by atomic mass is 9.95. The molecule has 0 aliphatic rings. The predicted molar refractivity (Wildman–Crippen MR) is 137 cm³/mol. The summed E-state index contributed by atoms with van der Waals surface area (Å²) in [6, 6.07) is 22.1. The molecule has 4 rings (SSSR count). The van der Waals surface area contributed by atoms with Gasteiger partial charge in [0.1, 0.15) is 12.4 Å². The van der Waals surface area contributed by atoms with E-state index in [0.717, 1.165) is 50.2 Å². The van der Waals surface area contributed by atoms with Crippen LogP contribution < -0.4 is 4.74 Å². The van der Waals surface area contributed by atoms with Crippen molar-refractivity contribution in [1.29, 1.82) is 0 Å². The standard InChI is InChI=1S/C30H31NO3/c1-19(2)17-34-30(32)27-22(5)29(31-28-21(4)15-20(3)16-26(27)28)24-11-13-25(14-12-24)33-18-23-9-7-6-8-10-23/h6-16,19H,17-18H2,1-5H3. The van der Waals surface area contributed by atoms with Gasteiger partial charge in [-0.05, 0) is 73.7 Å². The van der Waals surface area contributed by atoms with Crippen LogP contribution in [0.15, 0.2) is 66.7 Å². The average molecular weight is 454 g/mol. The summed E-state index contributed by atoms with van der Waals surface area (Å²) in [6.07, 6.45) is 0. The van der Waals surface area contributed by atoms with E-state index in [-0.39, 0.29) is 11.9 Å².